The molecular formula is C23H30N6O2. The van der Waals surface area contributed by atoms with Crippen molar-refractivity contribution in [3.05, 3.63) is 53.2 Å². The Labute approximate surface area is 183 Å². The third kappa shape index (κ3) is 4.44. The zero-order chi connectivity index (χ0) is 22.2. The van der Waals surface area contributed by atoms with Crippen molar-refractivity contribution in [3.63, 3.8) is 0 Å². The molecule has 0 saturated carbocycles. The van der Waals surface area contributed by atoms with Crippen LogP contribution in [0, 0.1) is 11.3 Å². The maximum atomic E-state index is 10.1. The first-order valence-corrected chi connectivity index (χ1v) is 10.6. The van der Waals surface area contributed by atoms with E-state index in [-0.39, 0.29) is 6.61 Å². The summed E-state index contributed by atoms with van der Waals surface area (Å²) in [5, 5.41) is 27.1. The number of piperazine rings is 1. The number of hydrogen-bond donors (Lipinski definition) is 2. The van der Waals surface area contributed by atoms with Crippen molar-refractivity contribution in [1.29, 1.82) is 5.26 Å². The van der Waals surface area contributed by atoms with Crippen LogP contribution in [0.5, 0.6) is 0 Å². The van der Waals surface area contributed by atoms with Crippen LogP contribution in [0.4, 0.5) is 5.82 Å². The first kappa shape index (κ1) is 21.4. The summed E-state index contributed by atoms with van der Waals surface area (Å²) < 4.78 is 5.88. The third-order valence-electron chi connectivity index (χ3n) is 5.64. The number of allylic oxidation sites excluding steroid dienone is 2. The molecule has 0 aliphatic carbocycles. The lowest BCUT2D eigenvalue weighted by Crippen LogP contribution is -2.50. The topological polar surface area (TPSA) is 87.9 Å². The van der Waals surface area contributed by atoms with Crippen LogP contribution in [-0.2, 0) is 4.74 Å². The number of aliphatic hydroxyl groups is 1. The molecule has 8 nitrogen and oxygen atoms in total. The SMILES string of the molecule is C[C@@H]1CNCCN1c1ccc(C2=CC(OCC(C)(C)O)=CN3C2=C(C#N)CN3C)cn1. The van der Waals surface area contributed by atoms with E-state index in [2.05, 4.69) is 29.3 Å². The molecule has 0 radical (unpaired) electrons. The van der Waals surface area contributed by atoms with Gasteiger partial charge in [0, 0.05) is 50.1 Å². The average Bonchev–Trinajstić information content (AvgIpc) is 3.07. The summed E-state index contributed by atoms with van der Waals surface area (Å²) in [6.45, 7) is 9.13. The monoisotopic (exact) mass is 422 g/mol. The number of likely N-dealkylation sites (N-methyl/N-ethyl adjacent to an activating group) is 1. The summed E-state index contributed by atoms with van der Waals surface area (Å²) >= 11 is 0. The van der Waals surface area contributed by atoms with Crippen molar-refractivity contribution in [1.82, 2.24) is 20.3 Å². The van der Waals surface area contributed by atoms with Gasteiger partial charge in [-0.2, -0.15) is 5.26 Å². The number of nitrogens with one attached hydrogen (secondary N) is 1. The summed E-state index contributed by atoms with van der Waals surface area (Å²) in [6, 6.07) is 6.83. The van der Waals surface area contributed by atoms with Crippen LogP contribution in [0.2, 0.25) is 0 Å². The van der Waals surface area contributed by atoms with Crippen molar-refractivity contribution in [2.45, 2.75) is 32.4 Å². The molecule has 2 N–H and O–H groups in total. The van der Waals surface area contributed by atoms with E-state index in [1.807, 2.05) is 41.6 Å². The number of pyridine rings is 1. The molecule has 8 heteroatoms. The van der Waals surface area contributed by atoms with Gasteiger partial charge in [0.25, 0.3) is 0 Å². The van der Waals surface area contributed by atoms with Crippen LogP contribution in [0.25, 0.3) is 5.57 Å². The van der Waals surface area contributed by atoms with E-state index in [1.165, 1.54) is 0 Å². The summed E-state index contributed by atoms with van der Waals surface area (Å²) in [6.07, 6.45) is 5.66. The number of nitrogens with zero attached hydrogens (tertiary/aromatic N) is 5. The highest BCUT2D eigenvalue weighted by Crippen LogP contribution is 2.38. The average molecular weight is 423 g/mol. The van der Waals surface area contributed by atoms with E-state index < -0.39 is 5.60 Å². The number of hydrazine groups is 1. The van der Waals surface area contributed by atoms with Gasteiger partial charge in [-0.25, -0.2) is 9.99 Å². The van der Waals surface area contributed by atoms with Crippen molar-refractivity contribution in [2.75, 3.05) is 44.7 Å². The Morgan fingerprint density at radius 2 is 2.19 bits per heavy atom. The molecule has 31 heavy (non-hydrogen) atoms. The third-order valence-corrected chi connectivity index (χ3v) is 5.64. The Morgan fingerprint density at radius 3 is 2.84 bits per heavy atom. The highest BCUT2D eigenvalue weighted by molar-refractivity contribution is 5.83. The summed E-state index contributed by atoms with van der Waals surface area (Å²) in [4.78, 5) is 7.05. The second-order valence-corrected chi connectivity index (χ2v) is 8.94. The number of fused-ring (bicyclic) bond motifs is 1. The molecule has 1 aromatic heterocycles. The number of ether oxygens (including phenoxy) is 1. The van der Waals surface area contributed by atoms with Crippen LogP contribution in [0.15, 0.2) is 47.6 Å². The van der Waals surface area contributed by atoms with Crippen LogP contribution < -0.4 is 10.2 Å². The largest absolute Gasteiger partial charge is 0.489 e. The minimum Gasteiger partial charge on any atom is -0.489 e. The Balaban J connectivity index is 1.67. The quantitative estimate of drug-likeness (QED) is 0.743. The van der Waals surface area contributed by atoms with Crippen LogP contribution >= 0.6 is 0 Å². The predicted molar refractivity (Wildman–Crippen MR) is 119 cm³/mol. The van der Waals surface area contributed by atoms with Gasteiger partial charge in [-0.05, 0) is 39.0 Å². The number of rotatable bonds is 5. The second kappa shape index (κ2) is 8.35. The fourth-order valence-electron chi connectivity index (χ4n) is 4.05. The lowest BCUT2D eigenvalue weighted by molar-refractivity contribution is 0.00296. The van der Waals surface area contributed by atoms with Crippen molar-refractivity contribution in [3.8, 4) is 6.07 Å². The lowest BCUT2D eigenvalue weighted by atomic mass is 9.98. The normalized spacial score (nSPS) is 22.1. The number of aromatic nitrogens is 1. The number of anilines is 1. The maximum Gasteiger partial charge on any atom is 0.137 e. The second-order valence-electron chi connectivity index (χ2n) is 8.94. The maximum absolute atomic E-state index is 10.1. The first-order chi connectivity index (χ1) is 14.8. The van der Waals surface area contributed by atoms with Crippen molar-refractivity contribution >= 4 is 11.4 Å². The van der Waals surface area contributed by atoms with E-state index in [1.54, 1.807) is 13.8 Å². The highest BCUT2D eigenvalue weighted by Gasteiger charge is 2.33. The first-order valence-electron chi connectivity index (χ1n) is 10.6. The van der Waals surface area contributed by atoms with Crippen LogP contribution in [0.3, 0.4) is 0 Å². The smallest absolute Gasteiger partial charge is 0.137 e. The molecule has 0 spiro atoms. The molecule has 3 aliphatic rings. The molecule has 1 atom stereocenters. The standard InChI is InChI=1S/C23H30N6O2/c1-16-11-25-7-8-28(16)21-6-5-17(12-26-21)20-9-19(31-15-23(2,3)30)14-29-22(20)18(10-24)13-27(29)4/h5-6,9,12,14,16,25,30H,7-8,11,13,15H2,1-4H3/t16-/m1/s1. The minimum absolute atomic E-state index is 0.169. The Hall–Kier alpha value is -2.86. The van der Waals surface area contributed by atoms with E-state index in [0.717, 1.165) is 42.3 Å². The van der Waals surface area contributed by atoms with Gasteiger partial charge in [-0.15, -0.1) is 0 Å². The molecule has 0 amide bonds. The summed E-state index contributed by atoms with van der Waals surface area (Å²) in [5.41, 5.74) is 2.42. The van der Waals surface area contributed by atoms with Gasteiger partial charge in [-0.1, -0.05) is 0 Å². The fraction of sp³-hybridized carbons (Fsp3) is 0.478. The Morgan fingerprint density at radius 1 is 1.39 bits per heavy atom. The molecule has 1 fully saturated rings. The zero-order valence-corrected chi connectivity index (χ0v) is 18.6. The molecule has 0 aromatic carbocycles. The molecule has 4 rings (SSSR count). The van der Waals surface area contributed by atoms with Gasteiger partial charge in [0.15, 0.2) is 0 Å². The molecule has 3 aliphatic heterocycles. The van der Waals surface area contributed by atoms with E-state index in [4.69, 9.17) is 9.72 Å². The van der Waals surface area contributed by atoms with Gasteiger partial charge < -0.3 is 20.1 Å². The van der Waals surface area contributed by atoms with Crippen molar-refractivity contribution < 1.29 is 9.84 Å². The molecule has 4 heterocycles. The van der Waals surface area contributed by atoms with E-state index in [9.17, 15) is 10.4 Å². The fourth-order valence-corrected chi connectivity index (χ4v) is 4.05. The van der Waals surface area contributed by atoms with Gasteiger partial charge >= 0.3 is 0 Å². The minimum atomic E-state index is -0.942. The molecule has 1 saturated heterocycles. The molecular weight excluding hydrogens is 392 g/mol. The van der Waals surface area contributed by atoms with Crippen LogP contribution in [0.1, 0.15) is 26.3 Å². The number of hydrogen-bond acceptors (Lipinski definition) is 8. The molecule has 0 unspecified atom stereocenters. The van der Waals surface area contributed by atoms with Gasteiger partial charge in [-0.3, -0.25) is 5.01 Å². The van der Waals surface area contributed by atoms with Gasteiger partial charge in [0.2, 0.25) is 0 Å². The Bertz CT molecular complexity index is 967. The molecule has 1 aromatic rings. The van der Waals surface area contributed by atoms with E-state index in [0.29, 0.717) is 23.9 Å². The zero-order valence-electron chi connectivity index (χ0n) is 18.6. The number of nitriles is 1. The highest BCUT2D eigenvalue weighted by atomic mass is 16.5. The molecule has 164 valence electrons. The van der Waals surface area contributed by atoms with Gasteiger partial charge in [0.05, 0.1) is 35.7 Å². The predicted octanol–water partition coefficient (Wildman–Crippen LogP) is 1.85. The summed E-state index contributed by atoms with van der Waals surface area (Å²) in [7, 11) is 1.94. The molecule has 0 bridgehead atoms. The van der Waals surface area contributed by atoms with Crippen LogP contribution in [-0.4, -0.2) is 71.6 Å². The summed E-state index contributed by atoms with van der Waals surface area (Å²) in [5.74, 6) is 1.59. The lowest BCUT2D eigenvalue weighted by Gasteiger charge is -2.35. The Kier molecular flexibility index (Phi) is 5.75. The van der Waals surface area contributed by atoms with Crippen molar-refractivity contribution in [2.24, 2.45) is 0 Å². The van der Waals surface area contributed by atoms with E-state index >= 15 is 0 Å². The van der Waals surface area contributed by atoms with Gasteiger partial charge in [0.1, 0.15) is 18.2 Å².